The Balaban J connectivity index is 2.34. The molecule has 4 heteroatoms. The number of carbonyl (C=O) groups excluding carboxylic acids is 1. The van der Waals surface area contributed by atoms with Gasteiger partial charge in [0.15, 0.2) is 0 Å². The number of nitriles is 1. The molecule has 1 atom stereocenters. The fourth-order valence-corrected chi connectivity index (χ4v) is 2.07. The summed E-state index contributed by atoms with van der Waals surface area (Å²) in [6, 6.07) is 9.03. The van der Waals surface area contributed by atoms with Crippen LogP contribution in [0.3, 0.4) is 0 Å². The predicted molar refractivity (Wildman–Crippen MR) is 77.2 cm³/mol. The van der Waals surface area contributed by atoms with Gasteiger partial charge in [0.05, 0.1) is 11.6 Å². The SMILES string of the molecule is CC(C(=O)OC(C)(C)C)n1ccc2cc(C#N)ccc21. The van der Waals surface area contributed by atoms with Crippen LogP contribution in [0.1, 0.15) is 39.3 Å². The Hall–Kier alpha value is -2.28. The molecular weight excluding hydrogens is 252 g/mol. The molecule has 1 aromatic heterocycles. The number of hydrogen-bond donors (Lipinski definition) is 0. The minimum Gasteiger partial charge on any atom is -0.458 e. The van der Waals surface area contributed by atoms with Crippen LogP contribution in [0.2, 0.25) is 0 Å². The van der Waals surface area contributed by atoms with Crippen molar-refractivity contribution in [2.75, 3.05) is 0 Å². The quantitative estimate of drug-likeness (QED) is 0.786. The zero-order valence-corrected chi connectivity index (χ0v) is 12.2. The zero-order valence-electron chi connectivity index (χ0n) is 12.2. The van der Waals surface area contributed by atoms with Crippen molar-refractivity contribution in [3.63, 3.8) is 0 Å². The van der Waals surface area contributed by atoms with Gasteiger partial charge in [-0.3, -0.25) is 0 Å². The van der Waals surface area contributed by atoms with Crippen LogP contribution >= 0.6 is 0 Å². The third-order valence-electron chi connectivity index (χ3n) is 3.01. The summed E-state index contributed by atoms with van der Waals surface area (Å²) in [5.41, 5.74) is 1.03. The molecule has 1 unspecified atom stereocenters. The first-order valence-electron chi connectivity index (χ1n) is 6.55. The highest BCUT2D eigenvalue weighted by Gasteiger charge is 2.23. The van der Waals surface area contributed by atoms with Crippen LogP contribution in [0.15, 0.2) is 30.5 Å². The molecule has 4 nitrogen and oxygen atoms in total. The number of esters is 1. The lowest BCUT2D eigenvalue weighted by Crippen LogP contribution is -2.28. The Labute approximate surface area is 118 Å². The van der Waals surface area contributed by atoms with Crippen LogP contribution in [-0.4, -0.2) is 16.1 Å². The number of carbonyl (C=O) groups is 1. The van der Waals surface area contributed by atoms with E-state index in [2.05, 4.69) is 6.07 Å². The fourth-order valence-electron chi connectivity index (χ4n) is 2.07. The van der Waals surface area contributed by atoms with E-state index in [-0.39, 0.29) is 5.97 Å². The molecule has 0 N–H and O–H groups in total. The molecular formula is C16H18N2O2. The number of nitrogens with zero attached hydrogens (tertiary/aromatic N) is 2. The van der Waals surface area contributed by atoms with Crippen molar-refractivity contribution in [1.82, 2.24) is 4.57 Å². The van der Waals surface area contributed by atoms with Crippen molar-refractivity contribution >= 4 is 16.9 Å². The van der Waals surface area contributed by atoms with Crippen molar-refractivity contribution in [3.8, 4) is 6.07 Å². The van der Waals surface area contributed by atoms with Crippen LogP contribution < -0.4 is 0 Å². The van der Waals surface area contributed by atoms with Crippen LogP contribution in [0.25, 0.3) is 10.9 Å². The van der Waals surface area contributed by atoms with Crippen LogP contribution in [0.5, 0.6) is 0 Å². The number of hydrogen-bond acceptors (Lipinski definition) is 3. The van der Waals surface area contributed by atoms with Crippen molar-refractivity contribution < 1.29 is 9.53 Å². The minimum absolute atomic E-state index is 0.264. The maximum atomic E-state index is 12.1. The lowest BCUT2D eigenvalue weighted by Gasteiger charge is -2.23. The summed E-state index contributed by atoms with van der Waals surface area (Å²) in [6.45, 7) is 7.37. The fraction of sp³-hybridized carbons (Fsp3) is 0.375. The second-order valence-corrected chi connectivity index (χ2v) is 5.82. The molecule has 2 aromatic rings. The summed E-state index contributed by atoms with van der Waals surface area (Å²) >= 11 is 0. The van der Waals surface area contributed by atoms with Gasteiger partial charge in [0.25, 0.3) is 0 Å². The molecule has 1 aromatic carbocycles. The summed E-state index contributed by atoms with van der Waals surface area (Å²) in [5, 5.41) is 9.84. The smallest absolute Gasteiger partial charge is 0.329 e. The van der Waals surface area contributed by atoms with Gasteiger partial charge < -0.3 is 9.30 Å². The Kier molecular flexibility index (Phi) is 3.54. The first-order valence-corrected chi connectivity index (χ1v) is 6.55. The van der Waals surface area contributed by atoms with E-state index in [4.69, 9.17) is 10.00 Å². The maximum absolute atomic E-state index is 12.1. The molecule has 0 fully saturated rings. The van der Waals surface area contributed by atoms with Gasteiger partial charge in [-0.1, -0.05) is 0 Å². The third kappa shape index (κ3) is 2.83. The second kappa shape index (κ2) is 5.01. The summed E-state index contributed by atoms with van der Waals surface area (Å²) < 4.78 is 7.27. The average Bonchev–Trinajstić information content (AvgIpc) is 2.78. The van der Waals surface area contributed by atoms with E-state index in [0.717, 1.165) is 10.9 Å². The topological polar surface area (TPSA) is 55.0 Å². The van der Waals surface area contributed by atoms with E-state index in [1.165, 1.54) is 0 Å². The molecule has 0 spiro atoms. The lowest BCUT2D eigenvalue weighted by molar-refractivity contribution is -0.158. The van der Waals surface area contributed by atoms with Crippen LogP contribution in [0.4, 0.5) is 0 Å². The summed E-state index contributed by atoms with van der Waals surface area (Å²) in [4.78, 5) is 12.1. The molecule has 0 aliphatic rings. The van der Waals surface area contributed by atoms with Gasteiger partial charge in [-0.15, -0.1) is 0 Å². The van der Waals surface area contributed by atoms with Gasteiger partial charge in [0.1, 0.15) is 11.6 Å². The Morgan fingerprint density at radius 1 is 1.35 bits per heavy atom. The molecule has 0 amide bonds. The Bertz CT molecular complexity index is 687. The van der Waals surface area contributed by atoms with Crippen LogP contribution in [-0.2, 0) is 9.53 Å². The van der Waals surface area contributed by atoms with E-state index in [1.807, 2.05) is 56.7 Å². The third-order valence-corrected chi connectivity index (χ3v) is 3.01. The summed E-state index contributed by atoms with van der Waals surface area (Å²) in [6.07, 6.45) is 1.85. The number of benzene rings is 1. The molecule has 0 aliphatic heterocycles. The number of ether oxygens (including phenoxy) is 1. The molecule has 0 aliphatic carbocycles. The van der Waals surface area contributed by atoms with Crippen molar-refractivity contribution in [3.05, 3.63) is 36.0 Å². The van der Waals surface area contributed by atoms with E-state index in [1.54, 1.807) is 6.07 Å². The van der Waals surface area contributed by atoms with Gasteiger partial charge in [-0.2, -0.15) is 5.26 Å². The highest BCUT2D eigenvalue weighted by Crippen LogP contribution is 2.23. The average molecular weight is 270 g/mol. The molecule has 20 heavy (non-hydrogen) atoms. The van der Waals surface area contributed by atoms with Gasteiger partial charge in [0, 0.05) is 17.1 Å². The molecule has 104 valence electrons. The normalized spacial score (nSPS) is 12.9. The van der Waals surface area contributed by atoms with Gasteiger partial charge in [-0.25, -0.2) is 4.79 Å². The Morgan fingerprint density at radius 3 is 2.65 bits per heavy atom. The van der Waals surface area contributed by atoms with E-state index in [9.17, 15) is 4.79 Å². The predicted octanol–water partition coefficient (Wildman–Crippen LogP) is 3.42. The molecule has 0 saturated heterocycles. The maximum Gasteiger partial charge on any atom is 0.329 e. The van der Waals surface area contributed by atoms with Gasteiger partial charge in [0.2, 0.25) is 0 Å². The number of rotatable bonds is 2. The monoisotopic (exact) mass is 270 g/mol. The van der Waals surface area contributed by atoms with Crippen molar-refractivity contribution in [2.24, 2.45) is 0 Å². The summed E-state index contributed by atoms with van der Waals surface area (Å²) in [5.74, 6) is -0.264. The number of fused-ring (bicyclic) bond motifs is 1. The summed E-state index contributed by atoms with van der Waals surface area (Å²) in [7, 11) is 0. The molecule has 0 radical (unpaired) electrons. The molecule has 1 heterocycles. The first kappa shape index (κ1) is 14.1. The second-order valence-electron chi connectivity index (χ2n) is 5.82. The standard InChI is InChI=1S/C16H18N2O2/c1-11(15(19)20-16(2,3)4)18-8-7-13-9-12(10-17)5-6-14(13)18/h5-9,11H,1-4H3. The van der Waals surface area contributed by atoms with Crippen LogP contribution in [0, 0.1) is 11.3 Å². The minimum atomic E-state index is -0.498. The first-order chi connectivity index (χ1) is 9.31. The molecule has 0 bridgehead atoms. The Morgan fingerprint density at radius 2 is 2.05 bits per heavy atom. The van der Waals surface area contributed by atoms with Gasteiger partial charge in [-0.05, 0) is 52.0 Å². The van der Waals surface area contributed by atoms with E-state index >= 15 is 0 Å². The largest absolute Gasteiger partial charge is 0.458 e. The van der Waals surface area contributed by atoms with Gasteiger partial charge >= 0.3 is 5.97 Å². The zero-order chi connectivity index (χ0) is 14.9. The highest BCUT2D eigenvalue weighted by molar-refractivity contribution is 5.84. The highest BCUT2D eigenvalue weighted by atomic mass is 16.6. The lowest BCUT2D eigenvalue weighted by atomic mass is 10.1. The number of aromatic nitrogens is 1. The van der Waals surface area contributed by atoms with Crippen molar-refractivity contribution in [2.45, 2.75) is 39.3 Å². The van der Waals surface area contributed by atoms with E-state index < -0.39 is 11.6 Å². The van der Waals surface area contributed by atoms with E-state index in [0.29, 0.717) is 5.56 Å². The van der Waals surface area contributed by atoms with Crippen molar-refractivity contribution in [1.29, 1.82) is 5.26 Å². The molecule has 0 saturated carbocycles. The molecule has 2 rings (SSSR count).